The monoisotopic (exact) mass is 539 g/mol. The van der Waals surface area contributed by atoms with Crippen LogP contribution in [-0.2, 0) is 14.3 Å². The highest BCUT2D eigenvalue weighted by molar-refractivity contribution is 6.50. The summed E-state index contributed by atoms with van der Waals surface area (Å²) in [6, 6.07) is 7.68. The van der Waals surface area contributed by atoms with Crippen LogP contribution in [0.1, 0.15) is 27.0 Å². The lowest BCUT2D eigenvalue weighted by molar-refractivity contribution is -0.108. The van der Waals surface area contributed by atoms with Crippen molar-refractivity contribution in [1.82, 2.24) is 9.80 Å². The van der Waals surface area contributed by atoms with Gasteiger partial charge in [-0.2, -0.15) is 0 Å². The number of rotatable bonds is 10. The Hall–Kier alpha value is -3.80. The number of amides is 1. The summed E-state index contributed by atoms with van der Waals surface area (Å²) in [6.45, 7) is 6.79. The zero-order valence-electron chi connectivity index (χ0n) is 22.2. The number of anilines is 1. The maximum absolute atomic E-state index is 14.5. The summed E-state index contributed by atoms with van der Waals surface area (Å²) in [7, 11) is 1.49. The second-order valence-corrected chi connectivity index (χ2v) is 9.59. The Balaban J connectivity index is 1.40. The van der Waals surface area contributed by atoms with Crippen LogP contribution in [0.15, 0.2) is 36.4 Å². The lowest BCUT2D eigenvalue weighted by Crippen LogP contribution is -2.62. The third-order valence-corrected chi connectivity index (χ3v) is 6.95. The molecule has 0 aromatic heterocycles. The topological polar surface area (TPSA) is 144 Å². The number of allylic oxidation sites excluding steroid dienone is 1. The highest BCUT2D eigenvalue weighted by atomic mass is 19.1. The van der Waals surface area contributed by atoms with Gasteiger partial charge in [-0.25, -0.2) is 4.39 Å². The summed E-state index contributed by atoms with van der Waals surface area (Å²) in [6.07, 6.45) is 1.10. The number of morpholine rings is 1. The van der Waals surface area contributed by atoms with E-state index in [0.717, 1.165) is 44.0 Å². The molecule has 10 nitrogen and oxygen atoms in total. The van der Waals surface area contributed by atoms with Gasteiger partial charge in [0.05, 0.1) is 19.8 Å². The molecule has 5 N–H and O–H groups in total. The lowest BCUT2D eigenvalue weighted by Gasteiger charge is -2.46. The second-order valence-electron chi connectivity index (χ2n) is 9.59. The van der Waals surface area contributed by atoms with Gasteiger partial charge in [-0.05, 0) is 36.2 Å². The molecule has 4 rings (SSSR count). The van der Waals surface area contributed by atoms with Crippen molar-refractivity contribution in [2.24, 2.45) is 5.73 Å². The van der Waals surface area contributed by atoms with Crippen LogP contribution in [0, 0.1) is 18.2 Å². The van der Waals surface area contributed by atoms with Crippen LogP contribution in [0.3, 0.4) is 0 Å². The average Bonchev–Trinajstić information content (AvgIpc) is 2.89. The van der Waals surface area contributed by atoms with E-state index in [1.54, 1.807) is 18.2 Å². The molecule has 0 saturated carbocycles. The Bertz CT molecular complexity index is 1290. The van der Waals surface area contributed by atoms with Crippen LogP contribution in [0.2, 0.25) is 0 Å². The summed E-state index contributed by atoms with van der Waals surface area (Å²) in [5.41, 5.74) is 13.5. The van der Waals surface area contributed by atoms with E-state index in [1.165, 1.54) is 13.2 Å². The summed E-state index contributed by atoms with van der Waals surface area (Å²) in [4.78, 5) is 30.0. The van der Waals surface area contributed by atoms with E-state index in [4.69, 9.17) is 31.1 Å². The molecule has 11 heteroatoms. The fourth-order valence-electron chi connectivity index (χ4n) is 4.61. The van der Waals surface area contributed by atoms with Gasteiger partial charge < -0.3 is 30.6 Å². The molecule has 0 aliphatic carbocycles. The van der Waals surface area contributed by atoms with Gasteiger partial charge in [-0.15, -0.1) is 0 Å². The van der Waals surface area contributed by atoms with Crippen molar-refractivity contribution in [2.75, 3.05) is 65.5 Å². The number of hydrogen-bond acceptors (Lipinski definition) is 9. The number of likely N-dealkylation sites (tertiary alicyclic amines) is 1. The predicted molar refractivity (Wildman–Crippen MR) is 145 cm³/mol. The number of nitrogens with zero attached hydrogens (tertiary/aromatic N) is 2. The second kappa shape index (κ2) is 12.4. The number of carbonyl (C=O) groups excluding carboxylic acids is 2. The summed E-state index contributed by atoms with van der Waals surface area (Å²) in [5.74, 6) is -1.63. The minimum atomic E-state index is -0.751. The van der Waals surface area contributed by atoms with Crippen LogP contribution >= 0.6 is 0 Å². The van der Waals surface area contributed by atoms with E-state index in [-0.39, 0.29) is 41.8 Å². The normalized spacial score (nSPS) is 16.6. The minimum absolute atomic E-state index is 0.0229. The number of nitrogens with one attached hydrogen (secondary N) is 1. The number of nitrogen functional groups attached to an aromatic ring is 1. The van der Waals surface area contributed by atoms with Gasteiger partial charge >= 0.3 is 0 Å². The number of hydrogen-bond donors (Lipinski definition) is 3. The van der Waals surface area contributed by atoms with Crippen LogP contribution in [-0.4, -0.2) is 93.0 Å². The Labute approximate surface area is 226 Å². The number of nitrogens with two attached hydrogens (primary N) is 2. The van der Waals surface area contributed by atoms with E-state index >= 15 is 0 Å². The first-order valence-corrected chi connectivity index (χ1v) is 12.7. The van der Waals surface area contributed by atoms with Crippen molar-refractivity contribution >= 4 is 28.8 Å². The molecule has 2 fully saturated rings. The molecule has 0 spiro atoms. The number of ether oxygens (including phenoxy) is 3. The Morgan fingerprint density at radius 2 is 1.87 bits per heavy atom. The maximum atomic E-state index is 14.5. The van der Waals surface area contributed by atoms with Crippen molar-refractivity contribution in [3.8, 4) is 5.75 Å². The van der Waals surface area contributed by atoms with E-state index in [9.17, 15) is 14.0 Å². The van der Waals surface area contributed by atoms with Gasteiger partial charge in [0.15, 0.2) is 11.6 Å². The molecule has 39 heavy (non-hydrogen) atoms. The molecule has 1 amide bonds. The van der Waals surface area contributed by atoms with E-state index in [1.807, 2.05) is 11.8 Å². The Morgan fingerprint density at radius 1 is 1.15 bits per heavy atom. The molecular weight excluding hydrogens is 505 g/mol. The van der Waals surface area contributed by atoms with E-state index < -0.39 is 17.3 Å². The maximum Gasteiger partial charge on any atom is 0.254 e. The first kappa shape index (κ1) is 28.2. The number of ketones is 1. The van der Waals surface area contributed by atoms with Crippen molar-refractivity contribution < 1.29 is 28.2 Å². The van der Waals surface area contributed by atoms with Gasteiger partial charge in [0.1, 0.15) is 12.3 Å². The van der Waals surface area contributed by atoms with Gasteiger partial charge in [-0.1, -0.05) is 6.07 Å². The SMILES string of the molecule is COCCOc1cc(N)c(C(=N)C(=O)/C=C(\N)c2ccc(C(=O)N3CC(N4CCOCC4)C3)c(C)c2)cc1F. The molecule has 208 valence electrons. The highest BCUT2D eigenvalue weighted by Gasteiger charge is 2.36. The molecule has 2 aliphatic rings. The standard InChI is InChI=1S/C28H34FN5O5/c1-17-11-18(3-4-20(17)28(36)34-15-19(16-34)33-5-7-38-8-6-33)23(30)13-25(35)27(32)21-12-22(29)26(14-24(21)31)39-10-9-37-2/h3-4,11-14,19,32H,5-10,15-16,30-31H2,1-2H3/b23-13-,32-27?. The molecule has 0 atom stereocenters. The van der Waals surface area contributed by atoms with Crippen molar-refractivity contribution in [2.45, 2.75) is 13.0 Å². The largest absolute Gasteiger partial charge is 0.488 e. The minimum Gasteiger partial charge on any atom is -0.488 e. The van der Waals surface area contributed by atoms with E-state index in [0.29, 0.717) is 30.3 Å². The van der Waals surface area contributed by atoms with Gasteiger partial charge in [0.25, 0.3) is 5.91 Å². The van der Waals surface area contributed by atoms with Gasteiger partial charge in [0.2, 0.25) is 5.78 Å². The predicted octanol–water partition coefficient (Wildman–Crippen LogP) is 1.83. The Kier molecular flexibility index (Phi) is 8.95. The van der Waals surface area contributed by atoms with Gasteiger partial charge in [0, 0.05) is 74.0 Å². The number of carbonyl (C=O) groups is 2. The van der Waals surface area contributed by atoms with Crippen molar-refractivity contribution in [3.63, 3.8) is 0 Å². The molecule has 2 saturated heterocycles. The summed E-state index contributed by atoms with van der Waals surface area (Å²) in [5, 5.41) is 8.25. The smallest absolute Gasteiger partial charge is 0.254 e. The van der Waals surface area contributed by atoms with Crippen LogP contribution < -0.4 is 16.2 Å². The molecule has 2 aromatic rings. The summed E-state index contributed by atoms with van der Waals surface area (Å²) < 4.78 is 30.0. The first-order valence-electron chi connectivity index (χ1n) is 12.7. The molecule has 2 heterocycles. The Morgan fingerprint density at radius 3 is 2.54 bits per heavy atom. The van der Waals surface area contributed by atoms with Crippen LogP contribution in [0.5, 0.6) is 5.75 Å². The first-order chi connectivity index (χ1) is 18.7. The molecule has 0 radical (unpaired) electrons. The summed E-state index contributed by atoms with van der Waals surface area (Å²) >= 11 is 0. The third kappa shape index (κ3) is 6.44. The molecule has 0 unspecified atom stereocenters. The third-order valence-electron chi connectivity index (χ3n) is 6.95. The molecule has 2 aliphatic heterocycles. The average molecular weight is 540 g/mol. The fraction of sp³-hybridized carbons (Fsp3) is 0.393. The van der Waals surface area contributed by atoms with Crippen molar-refractivity contribution in [3.05, 3.63) is 64.5 Å². The molecular formula is C28H34FN5O5. The molecule has 2 aromatic carbocycles. The lowest BCUT2D eigenvalue weighted by atomic mass is 9.98. The van der Waals surface area contributed by atoms with Crippen LogP contribution in [0.4, 0.5) is 10.1 Å². The van der Waals surface area contributed by atoms with Crippen LogP contribution in [0.25, 0.3) is 5.70 Å². The number of halogens is 1. The van der Waals surface area contributed by atoms with Crippen molar-refractivity contribution in [1.29, 1.82) is 5.41 Å². The zero-order valence-corrected chi connectivity index (χ0v) is 22.2. The van der Waals surface area contributed by atoms with E-state index in [2.05, 4.69) is 4.90 Å². The number of benzene rings is 2. The molecule has 0 bridgehead atoms. The number of aryl methyl sites for hydroxylation is 1. The van der Waals surface area contributed by atoms with Gasteiger partial charge in [-0.3, -0.25) is 19.9 Å². The highest BCUT2D eigenvalue weighted by Crippen LogP contribution is 2.26. The zero-order chi connectivity index (χ0) is 28.1. The number of methoxy groups -OCH3 is 1. The quantitative estimate of drug-likeness (QED) is 0.180. The fourth-order valence-corrected chi connectivity index (χ4v) is 4.61.